The molecule has 0 spiro atoms. The second-order valence-corrected chi connectivity index (χ2v) is 5.26. The van der Waals surface area contributed by atoms with Gasteiger partial charge in [-0.2, -0.15) is 0 Å². The van der Waals surface area contributed by atoms with Gasteiger partial charge >= 0.3 is 0 Å². The minimum Gasteiger partial charge on any atom is -0.397 e. The normalized spacial score (nSPS) is 19.2. The molecule has 0 radical (unpaired) electrons. The molecular weight excluding hydrogens is 275 g/mol. The minimum atomic E-state index is -0.466. The molecule has 1 atom stereocenters. The van der Waals surface area contributed by atoms with E-state index in [-0.39, 0.29) is 30.0 Å². The Labute approximate surface area is 122 Å². The number of likely N-dealkylation sites (tertiary alicyclic amines) is 1. The number of halogens is 1. The molecule has 1 saturated heterocycles. The Morgan fingerprint density at radius 1 is 1.43 bits per heavy atom. The number of nitrogens with one attached hydrogen (secondary N) is 1. The lowest BCUT2D eigenvalue weighted by atomic mass is 9.97. The fourth-order valence-corrected chi connectivity index (χ4v) is 2.46. The van der Waals surface area contributed by atoms with Crippen molar-refractivity contribution in [1.82, 2.24) is 4.90 Å². The number of rotatable bonds is 4. The maximum absolute atomic E-state index is 13.1. The third kappa shape index (κ3) is 4.16. The molecule has 2 amide bonds. The van der Waals surface area contributed by atoms with Gasteiger partial charge in [-0.1, -0.05) is 0 Å². The van der Waals surface area contributed by atoms with Gasteiger partial charge in [0, 0.05) is 6.54 Å². The fraction of sp³-hybridized carbons (Fsp3) is 0.429. The van der Waals surface area contributed by atoms with Gasteiger partial charge < -0.3 is 16.8 Å². The lowest BCUT2D eigenvalue weighted by molar-refractivity contribution is -0.125. The number of benzene rings is 1. The van der Waals surface area contributed by atoms with Crippen LogP contribution in [-0.4, -0.2) is 36.3 Å². The van der Waals surface area contributed by atoms with Crippen molar-refractivity contribution in [1.29, 1.82) is 0 Å². The summed E-state index contributed by atoms with van der Waals surface area (Å²) in [6.07, 6.45) is 1.58. The van der Waals surface area contributed by atoms with E-state index in [4.69, 9.17) is 11.5 Å². The van der Waals surface area contributed by atoms with E-state index in [1.165, 1.54) is 18.2 Å². The highest BCUT2D eigenvalue weighted by atomic mass is 19.1. The number of nitrogens with two attached hydrogens (primary N) is 2. The summed E-state index contributed by atoms with van der Waals surface area (Å²) in [5.74, 6) is -1.32. The van der Waals surface area contributed by atoms with Crippen molar-refractivity contribution in [2.75, 3.05) is 30.7 Å². The number of carbonyl (C=O) groups excluding carboxylic acids is 2. The van der Waals surface area contributed by atoms with Crippen molar-refractivity contribution in [2.24, 2.45) is 11.7 Å². The van der Waals surface area contributed by atoms with Crippen LogP contribution in [0.5, 0.6) is 0 Å². The van der Waals surface area contributed by atoms with Crippen molar-refractivity contribution in [3.8, 4) is 0 Å². The Morgan fingerprint density at radius 3 is 2.90 bits per heavy atom. The van der Waals surface area contributed by atoms with E-state index >= 15 is 0 Å². The van der Waals surface area contributed by atoms with Crippen molar-refractivity contribution in [3.63, 3.8) is 0 Å². The molecule has 1 heterocycles. The smallest absolute Gasteiger partial charge is 0.238 e. The lowest BCUT2D eigenvalue weighted by Gasteiger charge is -2.30. The van der Waals surface area contributed by atoms with Crippen molar-refractivity contribution in [2.45, 2.75) is 12.8 Å². The summed E-state index contributed by atoms with van der Waals surface area (Å²) in [5.41, 5.74) is 11.5. The maximum Gasteiger partial charge on any atom is 0.238 e. The first-order valence-corrected chi connectivity index (χ1v) is 6.82. The van der Waals surface area contributed by atoms with Crippen molar-refractivity contribution in [3.05, 3.63) is 24.0 Å². The van der Waals surface area contributed by atoms with E-state index in [1.807, 2.05) is 4.90 Å². The highest BCUT2D eigenvalue weighted by Gasteiger charge is 2.25. The molecule has 2 rings (SSSR count). The summed E-state index contributed by atoms with van der Waals surface area (Å²) >= 11 is 0. The number of amides is 2. The SMILES string of the molecule is NC(=O)C1CCCN(CC(=O)Nc2cc(F)ccc2N)C1. The third-order valence-electron chi connectivity index (χ3n) is 3.56. The largest absolute Gasteiger partial charge is 0.397 e. The molecule has 6 nitrogen and oxygen atoms in total. The predicted octanol–water partition coefficient (Wildman–Crippen LogP) is 0.544. The highest BCUT2D eigenvalue weighted by molar-refractivity contribution is 5.95. The van der Waals surface area contributed by atoms with Gasteiger partial charge in [0.05, 0.1) is 23.8 Å². The zero-order valence-corrected chi connectivity index (χ0v) is 11.6. The highest BCUT2D eigenvalue weighted by Crippen LogP contribution is 2.20. The first-order valence-electron chi connectivity index (χ1n) is 6.82. The van der Waals surface area contributed by atoms with Crippen LogP contribution in [0.25, 0.3) is 0 Å². The minimum absolute atomic E-state index is 0.125. The molecule has 21 heavy (non-hydrogen) atoms. The number of nitrogens with zero attached hydrogens (tertiary/aromatic N) is 1. The van der Waals surface area contributed by atoms with Crippen LogP contribution < -0.4 is 16.8 Å². The van der Waals surface area contributed by atoms with Crippen LogP contribution in [0, 0.1) is 11.7 Å². The van der Waals surface area contributed by atoms with Crippen LogP contribution in [0.3, 0.4) is 0 Å². The number of hydrogen-bond acceptors (Lipinski definition) is 4. The standard InChI is InChI=1S/C14H19FN4O2/c15-10-3-4-11(16)12(6-10)18-13(20)8-19-5-1-2-9(7-19)14(17)21/h3-4,6,9H,1-2,5,7-8,16H2,(H2,17,21)(H,18,20). The molecule has 1 aliphatic heterocycles. The third-order valence-corrected chi connectivity index (χ3v) is 3.56. The number of hydrogen-bond donors (Lipinski definition) is 3. The van der Waals surface area contributed by atoms with Crippen molar-refractivity contribution < 1.29 is 14.0 Å². The monoisotopic (exact) mass is 294 g/mol. The number of carbonyl (C=O) groups is 2. The summed E-state index contributed by atoms with van der Waals surface area (Å²) in [4.78, 5) is 25.0. The average Bonchev–Trinajstić information content (AvgIpc) is 2.43. The van der Waals surface area contributed by atoms with E-state index in [2.05, 4.69) is 5.32 Å². The van der Waals surface area contributed by atoms with Crippen LogP contribution in [0.15, 0.2) is 18.2 Å². The van der Waals surface area contributed by atoms with Crippen molar-refractivity contribution >= 4 is 23.2 Å². The molecule has 0 aliphatic carbocycles. The molecule has 1 aliphatic rings. The Hall–Kier alpha value is -2.15. The molecule has 114 valence electrons. The number of anilines is 2. The molecule has 1 unspecified atom stereocenters. The Balaban J connectivity index is 1.92. The summed E-state index contributed by atoms with van der Waals surface area (Å²) in [6, 6.07) is 3.80. The Bertz CT molecular complexity index is 550. The molecule has 5 N–H and O–H groups in total. The molecule has 0 bridgehead atoms. The summed E-state index contributed by atoms with van der Waals surface area (Å²) in [5, 5.41) is 2.58. The maximum atomic E-state index is 13.1. The average molecular weight is 294 g/mol. The summed E-state index contributed by atoms with van der Waals surface area (Å²) in [7, 11) is 0. The van der Waals surface area contributed by atoms with E-state index in [0.29, 0.717) is 12.2 Å². The molecule has 7 heteroatoms. The number of primary amides is 1. The van der Waals surface area contributed by atoms with E-state index in [9.17, 15) is 14.0 Å². The van der Waals surface area contributed by atoms with Gasteiger partial charge in [0.2, 0.25) is 11.8 Å². The van der Waals surface area contributed by atoms with Crippen LogP contribution in [0.4, 0.5) is 15.8 Å². The molecule has 1 fully saturated rings. The van der Waals surface area contributed by atoms with Gasteiger partial charge in [-0.05, 0) is 37.6 Å². The Kier molecular flexibility index (Phi) is 4.74. The molecular formula is C14H19FN4O2. The quantitative estimate of drug-likeness (QED) is 0.705. The first kappa shape index (κ1) is 15.2. The van der Waals surface area contributed by atoms with Crippen LogP contribution >= 0.6 is 0 Å². The second kappa shape index (κ2) is 6.53. The summed E-state index contributed by atoms with van der Waals surface area (Å²) in [6.45, 7) is 1.33. The van der Waals surface area contributed by atoms with Gasteiger partial charge in [-0.25, -0.2) is 4.39 Å². The zero-order chi connectivity index (χ0) is 15.4. The molecule has 0 aromatic heterocycles. The lowest BCUT2D eigenvalue weighted by Crippen LogP contribution is -2.44. The van der Waals surface area contributed by atoms with Crippen LogP contribution in [0.2, 0.25) is 0 Å². The van der Waals surface area contributed by atoms with E-state index in [1.54, 1.807) is 0 Å². The van der Waals surface area contributed by atoms with E-state index in [0.717, 1.165) is 19.4 Å². The molecule has 1 aromatic carbocycles. The zero-order valence-electron chi connectivity index (χ0n) is 11.6. The summed E-state index contributed by atoms with van der Waals surface area (Å²) < 4.78 is 13.1. The van der Waals surface area contributed by atoms with Gasteiger partial charge in [0.15, 0.2) is 0 Å². The number of piperidine rings is 1. The number of nitrogen functional groups attached to an aromatic ring is 1. The second-order valence-electron chi connectivity index (χ2n) is 5.26. The van der Waals surface area contributed by atoms with Crippen LogP contribution in [0.1, 0.15) is 12.8 Å². The topological polar surface area (TPSA) is 101 Å². The first-order chi connectivity index (χ1) is 9.95. The van der Waals surface area contributed by atoms with Gasteiger partial charge in [0.1, 0.15) is 5.82 Å². The molecule has 1 aromatic rings. The fourth-order valence-electron chi connectivity index (χ4n) is 2.46. The van der Waals surface area contributed by atoms with Crippen LogP contribution in [-0.2, 0) is 9.59 Å². The van der Waals surface area contributed by atoms with Gasteiger partial charge in [0.25, 0.3) is 0 Å². The molecule has 0 saturated carbocycles. The van der Waals surface area contributed by atoms with Gasteiger partial charge in [-0.15, -0.1) is 0 Å². The van der Waals surface area contributed by atoms with Gasteiger partial charge in [-0.3, -0.25) is 14.5 Å². The Morgan fingerprint density at radius 2 is 2.19 bits per heavy atom. The van der Waals surface area contributed by atoms with E-state index < -0.39 is 5.82 Å². The predicted molar refractivity (Wildman–Crippen MR) is 77.8 cm³/mol.